The SMILES string of the molecule is F[P-](F)(F)(F)(F)F.F[P-](F)(F)(F)(F)F.N=S(c1ccccc1)c1ccccc1.N=S(c1ccccc1)c1ccccc1.N=S(c1ccccc1)c1ccccc1.N=S(c1ccccc1)c1ccccc1.[Cu+2]. The number of halogens is 12. The van der Waals surface area contributed by atoms with Crippen LogP contribution in [-0.4, -0.2) is 0 Å². The van der Waals surface area contributed by atoms with E-state index >= 15 is 0 Å². The fourth-order valence-corrected chi connectivity index (χ4v) is 9.52. The molecule has 0 aliphatic rings. The molecule has 4 N–H and O–H groups in total. The Bertz CT molecular complexity index is 2330. The zero-order valence-electron chi connectivity index (χ0n) is 36.5. The second-order valence-corrected chi connectivity index (χ2v) is 23.7. The summed E-state index contributed by atoms with van der Waals surface area (Å²) >= 11 is 0. The van der Waals surface area contributed by atoms with Gasteiger partial charge >= 0.3 is 83.0 Å². The molecule has 0 saturated heterocycles. The van der Waals surface area contributed by atoms with Crippen molar-refractivity contribution in [3.8, 4) is 0 Å². The van der Waals surface area contributed by atoms with Crippen molar-refractivity contribution in [1.82, 2.24) is 0 Å². The van der Waals surface area contributed by atoms with Crippen LogP contribution in [-0.2, 0) is 59.8 Å². The molecule has 8 aromatic rings. The van der Waals surface area contributed by atoms with Gasteiger partial charge < -0.3 is 0 Å². The largest absolute Gasteiger partial charge is 2.00 e. The second-order valence-electron chi connectivity index (χ2n) is 13.6. The van der Waals surface area contributed by atoms with Crippen LogP contribution in [0.5, 0.6) is 0 Å². The van der Waals surface area contributed by atoms with E-state index in [-0.39, 0.29) is 17.1 Å². The molecule has 0 atom stereocenters. The van der Waals surface area contributed by atoms with E-state index in [0.29, 0.717) is 0 Å². The molecule has 4 nitrogen and oxygen atoms in total. The van der Waals surface area contributed by atoms with Crippen molar-refractivity contribution in [2.24, 2.45) is 0 Å². The van der Waals surface area contributed by atoms with Gasteiger partial charge in [-0.25, -0.2) is 0 Å². The van der Waals surface area contributed by atoms with Gasteiger partial charge in [0.15, 0.2) is 0 Å². The zero-order valence-corrected chi connectivity index (χ0v) is 42.5. The van der Waals surface area contributed by atoms with E-state index in [4.69, 9.17) is 19.1 Å². The Morgan fingerprint density at radius 1 is 0.197 bits per heavy atom. The van der Waals surface area contributed by atoms with Gasteiger partial charge in [0, 0.05) is 39.2 Å². The Morgan fingerprint density at radius 2 is 0.268 bits per heavy atom. The molecule has 0 aliphatic carbocycles. The minimum Gasteiger partial charge on any atom is -0.271 e. The number of hydrogen-bond acceptors (Lipinski definition) is 4. The molecule has 0 bridgehead atoms. The zero-order chi connectivity index (χ0) is 52.0. The third-order valence-corrected chi connectivity index (χ3v) is 13.8. The molecule has 0 aliphatic heterocycles. The van der Waals surface area contributed by atoms with E-state index < -0.39 is 58.4 Å². The molecule has 0 unspecified atom stereocenters. The second kappa shape index (κ2) is 26.0. The first-order valence-corrected chi connectivity index (χ1v) is 28.7. The summed E-state index contributed by atoms with van der Waals surface area (Å²) in [6, 6.07) is 79.5. The Morgan fingerprint density at radius 3 is 0.338 bits per heavy atom. The van der Waals surface area contributed by atoms with Crippen molar-refractivity contribution in [2.45, 2.75) is 39.2 Å². The van der Waals surface area contributed by atoms with Crippen molar-refractivity contribution >= 4 is 58.4 Å². The standard InChI is InChI=1S/4C12H11NS.Cu.2F6P/c4*13-14(11-7-3-1-4-8-11)12-9-5-2-6-10-12;;2*1-7(2,3,4,5)6/h4*1-10,13H;;;/q;;;;+2;2*-1. The van der Waals surface area contributed by atoms with Crippen LogP contribution in [0.3, 0.4) is 0 Å². The van der Waals surface area contributed by atoms with Gasteiger partial charge in [-0.15, -0.1) is 0 Å². The van der Waals surface area contributed by atoms with Crippen LogP contribution >= 0.6 is 15.6 Å². The van der Waals surface area contributed by atoms with Crippen molar-refractivity contribution in [3.63, 3.8) is 0 Å². The average molecular weight is 1160 g/mol. The summed E-state index contributed by atoms with van der Waals surface area (Å²) in [5.41, 5.74) is 0. The van der Waals surface area contributed by atoms with Crippen LogP contribution in [0.1, 0.15) is 0 Å². The molecule has 385 valence electrons. The molecule has 0 saturated carbocycles. The Labute approximate surface area is 424 Å². The fraction of sp³-hybridized carbons (Fsp3) is 0. The monoisotopic (exact) mass is 1160 g/mol. The molecule has 71 heavy (non-hydrogen) atoms. The minimum atomic E-state index is -10.7. The molecule has 0 heterocycles. The van der Waals surface area contributed by atoms with Gasteiger partial charge in [-0.05, 0) is 140 Å². The summed E-state index contributed by atoms with van der Waals surface area (Å²) in [6.45, 7) is 0. The van der Waals surface area contributed by atoms with Crippen LogP contribution in [0.4, 0.5) is 50.4 Å². The molecular weight excluding hydrogens is 1110 g/mol. The van der Waals surface area contributed by atoms with Crippen LogP contribution in [0.15, 0.2) is 282 Å². The Hall–Kier alpha value is -5.10. The Kier molecular flexibility index (Phi) is 22.7. The quantitative estimate of drug-likeness (QED) is 0.0663. The van der Waals surface area contributed by atoms with Crippen molar-refractivity contribution in [3.05, 3.63) is 243 Å². The van der Waals surface area contributed by atoms with Gasteiger partial charge in [-0.3, -0.25) is 19.1 Å². The number of benzene rings is 8. The smallest absolute Gasteiger partial charge is 0.271 e. The predicted octanol–water partition coefficient (Wildman–Crippen LogP) is 20.7. The third-order valence-electron chi connectivity index (χ3n) is 7.83. The third kappa shape index (κ3) is 31.1. The summed E-state index contributed by atoms with van der Waals surface area (Å²) in [5, 5.41) is 0. The average Bonchev–Trinajstić information content (AvgIpc) is 3.34. The van der Waals surface area contributed by atoms with Crippen molar-refractivity contribution in [1.29, 1.82) is 19.1 Å². The molecule has 8 rings (SSSR count). The van der Waals surface area contributed by atoms with Gasteiger partial charge in [0.05, 0.1) is 0 Å². The van der Waals surface area contributed by atoms with E-state index in [2.05, 4.69) is 0 Å². The summed E-state index contributed by atoms with van der Waals surface area (Å²) in [5.74, 6) is 0. The van der Waals surface area contributed by atoms with E-state index in [1.54, 1.807) is 0 Å². The number of hydrogen-bond donors (Lipinski definition) is 4. The Balaban J connectivity index is 0.000000298. The number of rotatable bonds is 8. The van der Waals surface area contributed by atoms with Crippen molar-refractivity contribution < 1.29 is 67.4 Å². The maximum atomic E-state index is 9.87. The summed E-state index contributed by atoms with van der Waals surface area (Å²) < 4.78 is 151. The molecule has 0 spiro atoms. The molecule has 8 aromatic carbocycles. The van der Waals surface area contributed by atoms with E-state index in [1.807, 2.05) is 243 Å². The summed E-state index contributed by atoms with van der Waals surface area (Å²) in [7, 11) is -23.5. The van der Waals surface area contributed by atoms with E-state index in [1.165, 1.54) is 0 Å². The van der Waals surface area contributed by atoms with Crippen LogP contribution < -0.4 is 0 Å². The normalized spacial score (nSPS) is 12.7. The van der Waals surface area contributed by atoms with Gasteiger partial charge in [0.2, 0.25) is 0 Å². The molecular formula is C48H44CuF12N4P2S4. The number of nitrogens with one attached hydrogen (secondary N) is 4. The first-order valence-electron chi connectivity index (χ1n) is 19.8. The first-order chi connectivity index (χ1) is 32.4. The van der Waals surface area contributed by atoms with Crippen LogP contribution in [0.25, 0.3) is 0 Å². The fourth-order valence-electron chi connectivity index (χ4n) is 5.00. The maximum absolute atomic E-state index is 10.7. The van der Waals surface area contributed by atoms with Crippen LogP contribution in [0.2, 0.25) is 0 Å². The van der Waals surface area contributed by atoms with Crippen LogP contribution in [0, 0.1) is 19.1 Å². The summed E-state index contributed by atoms with van der Waals surface area (Å²) in [6.07, 6.45) is 0. The minimum absolute atomic E-state index is 0. The molecule has 0 fully saturated rings. The molecule has 23 heteroatoms. The molecule has 1 radical (unpaired) electrons. The van der Waals surface area contributed by atoms with E-state index in [0.717, 1.165) is 39.2 Å². The predicted molar refractivity (Wildman–Crippen MR) is 265 cm³/mol. The van der Waals surface area contributed by atoms with E-state index in [9.17, 15) is 50.4 Å². The maximum Gasteiger partial charge on any atom is 2.00 e. The van der Waals surface area contributed by atoms with Crippen molar-refractivity contribution in [2.75, 3.05) is 0 Å². The molecule has 0 aromatic heterocycles. The van der Waals surface area contributed by atoms with Gasteiger partial charge in [-0.2, -0.15) is 0 Å². The summed E-state index contributed by atoms with van der Waals surface area (Å²) in [4.78, 5) is 8.55. The van der Waals surface area contributed by atoms with Gasteiger partial charge in [-0.1, -0.05) is 146 Å². The molecule has 0 amide bonds. The topological polar surface area (TPSA) is 95.4 Å². The first kappa shape index (κ1) is 62.0. The van der Waals surface area contributed by atoms with Gasteiger partial charge in [0.25, 0.3) is 0 Å². The van der Waals surface area contributed by atoms with Gasteiger partial charge in [0.1, 0.15) is 0 Å².